The van der Waals surface area contributed by atoms with Crippen molar-refractivity contribution < 1.29 is 33.9 Å². The van der Waals surface area contributed by atoms with Gasteiger partial charge in [0.15, 0.2) is 18.2 Å². The molecule has 0 amide bonds. The second-order valence-corrected chi connectivity index (χ2v) is 8.64. The van der Waals surface area contributed by atoms with Crippen LogP contribution in [0.4, 0.5) is 0 Å². The van der Waals surface area contributed by atoms with Gasteiger partial charge in [-0.3, -0.25) is 4.79 Å². The molecule has 1 saturated carbocycles. The number of carboxylic acid groups (broad SMARTS) is 1. The lowest BCUT2D eigenvalue weighted by Crippen LogP contribution is -2.70. The summed E-state index contributed by atoms with van der Waals surface area (Å²) in [5, 5.41) is 8.79. The number of fused-ring (bicyclic) bond motifs is 2. The lowest BCUT2D eigenvalue weighted by Gasteiger charge is -2.60. The molecule has 4 saturated heterocycles. The number of hydrogen-bond acceptors (Lipinski definition) is 6. The fourth-order valence-corrected chi connectivity index (χ4v) is 5.49. The highest BCUT2D eigenvalue weighted by Gasteiger charge is 2.69. The van der Waals surface area contributed by atoms with E-state index in [9.17, 15) is 4.79 Å². The van der Waals surface area contributed by atoms with Gasteiger partial charge in [0, 0.05) is 24.7 Å². The van der Waals surface area contributed by atoms with Crippen molar-refractivity contribution in [3.05, 3.63) is 0 Å². The third kappa shape index (κ3) is 2.88. The van der Waals surface area contributed by atoms with E-state index < -0.39 is 29.9 Å². The van der Waals surface area contributed by atoms with Gasteiger partial charge in [-0.1, -0.05) is 13.8 Å². The van der Waals surface area contributed by atoms with E-state index in [2.05, 4.69) is 13.8 Å². The molecule has 8 atom stereocenters. The van der Waals surface area contributed by atoms with E-state index in [1.54, 1.807) is 0 Å². The van der Waals surface area contributed by atoms with E-state index in [0.717, 1.165) is 25.7 Å². The van der Waals surface area contributed by atoms with E-state index in [1.165, 1.54) is 0 Å². The van der Waals surface area contributed by atoms with Crippen molar-refractivity contribution in [1.29, 1.82) is 0 Å². The van der Waals surface area contributed by atoms with Gasteiger partial charge in [0.2, 0.25) is 5.79 Å². The highest BCUT2D eigenvalue weighted by atomic mass is 17.3. The first-order valence-electron chi connectivity index (χ1n) is 9.89. The van der Waals surface area contributed by atoms with Gasteiger partial charge in [-0.25, -0.2) is 9.78 Å². The highest BCUT2D eigenvalue weighted by Crippen LogP contribution is 2.60. The topological polar surface area (TPSA) is 83.5 Å². The molecule has 4 aliphatic heterocycles. The van der Waals surface area contributed by atoms with Gasteiger partial charge >= 0.3 is 5.97 Å². The third-order valence-corrected chi connectivity index (χ3v) is 6.91. The maximum absolute atomic E-state index is 10.7. The summed E-state index contributed by atoms with van der Waals surface area (Å²) in [4.78, 5) is 22.6. The van der Waals surface area contributed by atoms with Crippen LogP contribution in [-0.4, -0.2) is 41.7 Å². The summed E-state index contributed by atoms with van der Waals surface area (Å²) in [5.74, 6) is -0.366. The highest BCUT2D eigenvalue weighted by molar-refractivity contribution is 5.66. The van der Waals surface area contributed by atoms with Crippen LogP contribution in [0.1, 0.15) is 59.3 Å². The van der Waals surface area contributed by atoms with Gasteiger partial charge in [0.05, 0.1) is 6.61 Å². The maximum Gasteiger partial charge on any atom is 0.303 e. The Bertz CT molecular complexity index is 554. The van der Waals surface area contributed by atoms with Crippen LogP contribution in [0.2, 0.25) is 0 Å². The van der Waals surface area contributed by atoms with E-state index in [0.29, 0.717) is 24.9 Å². The van der Waals surface area contributed by atoms with Gasteiger partial charge in [-0.15, -0.1) is 0 Å². The molecule has 1 aliphatic carbocycles. The summed E-state index contributed by atoms with van der Waals surface area (Å²) in [6, 6.07) is 0. The lowest BCUT2D eigenvalue weighted by atomic mass is 9.58. The third-order valence-electron chi connectivity index (χ3n) is 6.91. The van der Waals surface area contributed by atoms with Crippen LogP contribution >= 0.6 is 0 Å². The predicted octanol–water partition coefficient (Wildman–Crippen LogP) is 3.08. The number of aliphatic carboxylic acids is 1. The first-order valence-corrected chi connectivity index (χ1v) is 9.89. The van der Waals surface area contributed by atoms with Crippen LogP contribution in [0.25, 0.3) is 0 Å². The molecule has 7 nitrogen and oxygen atoms in total. The molecule has 0 aromatic rings. The Kier molecular flexibility index (Phi) is 4.80. The molecular formula is C19H30O7. The van der Waals surface area contributed by atoms with Crippen LogP contribution in [0, 0.1) is 23.7 Å². The number of hydrogen-bond donors (Lipinski definition) is 1. The zero-order valence-corrected chi connectivity index (χ0v) is 15.8. The van der Waals surface area contributed by atoms with Crippen LogP contribution in [0.3, 0.4) is 0 Å². The first-order chi connectivity index (χ1) is 12.4. The van der Waals surface area contributed by atoms with Gasteiger partial charge in [-0.05, 0) is 44.4 Å². The summed E-state index contributed by atoms with van der Waals surface area (Å²) in [7, 11) is 0. The molecule has 5 aliphatic rings. The lowest BCUT2D eigenvalue weighted by molar-refractivity contribution is -0.577. The Labute approximate surface area is 154 Å². The number of carbonyl (C=O) groups is 1. The monoisotopic (exact) mass is 370 g/mol. The Balaban J connectivity index is 1.55. The van der Waals surface area contributed by atoms with E-state index in [4.69, 9.17) is 29.1 Å². The van der Waals surface area contributed by atoms with E-state index >= 15 is 0 Å². The Morgan fingerprint density at radius 3 is 2.77 bits per heavy atom. The molecule has 4 heterocycles. The van der Waals surface area contributed by atoms with Gasteiger partial charge in [0.1, 0.15) is 0 Å². The standard InChI is InChI=1S/C19H30O7/c1-11-6-7-14-12(2)16(22-10-4-5-15(20)21)23-17-19(14)13(11)8-9-18(3,24-17)25-26-19/h11-14,16-17H,4-10H2,1-3H3,(H,20,21)/t11-,12-,13+,14?,16+,17-,18?,19?/m1/s1. The zero-order valence-electron chi connectivity index (χ0n) is 15.8. The second kappa shape index (κ2) is 6.71. The smallest absolute Gasteiger partial charge is 0.303 e. The van der Waals surface area contributed by atoms with Gasteiger partial charge in [0.25, 0.3) is 0 Å². The number of rotatable bonds is 5. The maximum atomic E-state index is 10.7. The van der Waals surface area contributed by atoms with Crippen LogP contribution < -0.4 is 0 Å². The molecule has 0 aromatic heterocycles. The molecule has 0 aromatic carbocycles. The van der Waals surface area contributed by atoms with Gasteiger partial charge < -0.3 is 19.3 Å². The van der Waals surface area contributed by atoms with Crippen molar-refractivity contribution in [3.8, 4) is 0 Å². The summed E-state index contributed by atoms with van der Waals surface area (Å²) in [5.41, 5.74) is -0.575. The van der Waals surface area contributed by atoms with Crippen LogP contribution in [-0.2, 0) is 28.8 Å². The largest absolute Gasteiger partial charge is 0.481 e. The Hall–Kier alpha value is -0.730. The summed E-state index contributed by atoms with van der Waals surface area (Å²) >= 11 is 0. The molecule has 3 unspecified atom stereocenters. The Morgan fingerprint density at radius 2 is 2.00 bits per heavy atom. The number of carboxylic acids is 1. The van der Waals surface area contributed by atoms with Crippen molar-refractivity contribution in [2.45, 2.75) is 83.3 Å². The van der Waals surface area contributed by atoms with Crippen molar-refractivity contribution >= 4 is 5.97 Å². The van der Waals surface area contributed by atoms with Crippen LogP contribution in [0.5, 0.6) is 0 Å². The minimum atomic E-state index is -0.808. The van der Waals surface area contributed by atoms with Crippen molar-refractivity contribution in [1.82, 2.24) is 0 Å². The first kappa shape index (κ1) is 18.6. The summed E-state index contributed by atoms with van der Waals surface area (Å²) in [6.45, 7) is 6.69. The SMILES string of the molecule is C[C@@H]1CCC2[C@@H](C)[C@@H](OCCCC(=O)O)O[C@@H]3OC4(C)CC[C@@H]1C23OO4. The Morgan fingerprint density at radius 1 is 1.19 bits per heavy atom. The van der Waals surface area contributed by atoms with E-state index in [-0.39, 0.29) is 18.3 Å². The normalized spacial score (nSPS) is 50.1. The molecule has 26 heavy (non-hydrogen) atoms. The zero-order chi connectivity index (χ0) is 18.5. The average Bonchev–Trinajstić information content (AvgIpc) is 2.82. The molecular weight excluding hydrogens is 340 g/mol. The predicted molar refractivity (Wildman–Crippen MR) is 89.6 cm³/mol. The molecule has 7 heteroatoms. The fraction of sp³-hybridized carbons (Fsp3) is 0.947. The quantitative estimate of drug-likeness (QED) is 0.588. The minimum absolute atomic E-state index is 0.100. The van der Waals surface area contributed by atoms with Crippen molar-refractivity contribution in [2.24, 2.45) is 23.7 Å². The second-order valence-electron chi connectivity index (χ2n) is 8.64. The molecule has 0 radical (unpaired) electrons. The molecule has 2 bridgehead atoms. The van der Waals surface area contributed by atoms with Crippen molar-refractivity contribution in [3.63, 3.8) is 0 Å². The number of ether oxygens (including phenoxy) is 3. The minimum Gasteiger partial charge on any atom is -0.481 e. The summed E-state index contributed by atoms with van der Waals surface area (Å²) < 4.78 is 18.5. The molecule has 5 fully saturated rings. The average molecular weight is 370 g/mol. The molecule has 1 N–H and O–H groups in total. The van der Waals surface area contributed by atoms with Gasteiger partial charge in [-0.2, -0.15) is 0 Å². The van der Waals surface area contributed by atoms with Crippen molar-refractivity contribution in [2.75, 3.05) is 6.61 Å². The van der Waals surface area contributed by atoms with E-state index in [1.807, 2.05) is 6.92 Å². The van der Waals surface area contributed by atoms with Crippen LogP contribution in [0.15, 0.2) is 0 Å². The summed E-state index contributed by atoms with van der Waals surface area (Å²) in [6.07, 6.45) is 3.62. The molecule has 148 valence electrons. The molecule has 5 rings (SSSR count). The molecule has 1 spiro atoms. The fourth-order valence-electron chi connectivity index (χ4n) is 5.49.